The van der Waals surface area contributed by atoms with Crippen molar-refractivity contribution in [3.8, 4) is 35.4 Å². The molecule has 3 aromatic rings. The van der Waals surface area contributed by atoms with E-state index < -0.39 is 0 Å². The molecule has 1 aliphatic carbocycles. The molecule has 0 radical (unpaired) electrons. The average molecular weight is 495 g/mol. The van der Waals surface area contributed by atoms with E-state index in [-0.39, 0.29) is 17.9 Å². The van der Waals surface area contributed by atoms with Gasteiger partial charge in [-0.3, -0.25) is 4.79 Å². The van der Waals surface area contributed by atoms with Crippen LogP contribution in [0.15, 0.2) is 18.5 Å². The normalized spacial score (nSPS) is 19.4. The molecule has 3 aromatic heterocycles. The third kappa shape index (κ3) is 4.03. The Kier molecular flexibility index (Phi) is 6.43. The molecule has 8 heteroatoms. The maximum atomic E-state index is 13.2. The monoisotopic (exact) mass is 494 g/mol. The van der Waals surface area contributed by atoms with Crippen LogP contribution in [0.4, 0.5) is 0 Å². The topological polar surface area (TPSA) is 96.9 Å². The predicted octanol–water partition coefficient (Wildman–Crippen LogP) is 4.34. The fourth-order valence-corrected chi connectivity index (χ4v) is 5.86. The molecule has 0 bridgehead atoms. The summed E-state index contributed by atoms with van der Waals surface area (Å²) >= 11 is 0. The number of allylic oxidation sites excluding steroid dienone is 2. The highest BCUT2D eigenvalue weighted by atomic mass is 16.5. The molecule has 0 aromatic carbocycles. The van der Waals surface area contributed by atoms with Crippen molar-refractivity contribution in [3.05, 3.63) is 41.1 Å². The number of hydrogen-bond acceptors (Lipinski definition) is 6. The zero-order chi connectivity index (χ0) is 26.3. The number of nitrogens with zero attached hydrogens (tertiary/aromatic N) is 6. The number of methoxy groups -OCH3 is 1. The number of pyridine rings is 1. The Balaban J connectivity index is 1.63. The van der Waals surface area contributed by atoms with E-state index in [1.54, 1.807) is 24.4 Å². The second kappa shape index (κ2) is 9.71. The Bertz CT molecular complexity index is 1520. The molecule has 2 atom stereocenters. The van der Waals surface area contributed by atoms with Crippen molar-refractivity contribution in [2.75, 3.05) is 13.7 Å². The summed E-state index contributed by atoms with van der Waals surface area (Å²) in [6.45, 7) is 4.60. The lowest BCUT2D eigenvalue weighted by Gasteiger charge is -2.28. The van der Waals surface area contributed by atoms with Crippen LogP contribution in [0.5, 0.6) is 5.75 Å². The minimum Gasteiger partial charge on any atom is -0.496 e. The number of aryl methyl sites for hydroxylation is 3. The molecule has 1 aliphatic heterocycles. The number of carbonyl (C=O) groups excluding carboxylic acids is 1. The van der Waals surface area contributed by atoms with E-state index in [9.17, 15) is 10.1 Å². The minimum atomic E-state index is -0.295. The first-order chi connectivity index (χ1) is 17.9. The molecular weight excluding hydrogens is 464 g/mol. The number of rotatable bonds is 4. The number of likely N-dealkylation sites (tertiary alicyclic amines) is 1. The summed E-state index contributed by atoms with van der Waals surface area (Å²) in [6, 6.07) is 3.78. The lowest BCUT2D eigenvalue weighted by molar-refractivity contribution is -0.135. The molecule has 1 amide bonds. The largest absolute Gasteiger partial charge is 0.496 e. The number of ether oxygens (including phenoxy) is 1. The summed E-state index contributed by atoms with van der Waals surface area (Å²) in [4.78, 5) is 28.8. The Hall–Kier alpha value is -4.17. The SMILES string of the molecule is C#Cc1cc(OC)c(-c2c(C3=CCC(C(=O)N4CCC[C@H]4C#N)CC3)c3c(C)ncnc3n2C)c(C)n1. The number of terminal acetylenes is 1. The number of fused-ring (bicyclic) bond motifs is 1. The number of nitriles is 1. The summed E-state index contributed by atoms with van der Waals surface area (Å²) in [5, 5.41) is 10.4. The van der Waals surface area contributed by atoms with Gasteiger partial charge >= 0.3 is 0 Å². The van der Waals surface area contributed by atoms with Crippen LogP contribution < -0.4 is 4.74 Å². The molecule has 0 saturated carbocycles. The second-order valence-corrected chi connectivity index (χ2v) is 9.77. The Morgan fingerprint density at radius 3 is 2.70 bits per heavy atom. The van der Waals surface area contributed by atoms with Crippen LogP contribution in [0.2, 0.25) is 0 Å². The zero-order valence-electron chi connectivity index (χ0n) is 21.7. The molecule has 1 fully saturated rings. The van der Waals surface area contributed by atoms with Crippen LogP contribution in [0.25, 0.3) is 27.9 Å². The van der Waals surface area contributed by atoms with Gasteiger partial charge < -0.3 is 14.2 Å². The standard InChI is InChI=1S/C29H30N6O2/c1-6-21-14-23(37-5)24(18(3)33-21)27-26(25-17(2)31-16-32-28(25)34(27)4)19-9-11-20(12-10-19)29(36)35-13-7-8-22(35)15-30/h1,9,14,16,20,22H,7-8,10-13H2,2-5H3/t20?,22-/m0/s1. The van der Waals surface area contributed by atoms with Crippen molar-refractivity contribution in [1.29, 1.82) is 5.26 Å². The van der Waals surface area contributed by atoms with Gasteiger partial charge in [0.2, 0.25) is 5.91 Å². The van der Waals surface area contributed by atoms with Crippen LogP contribution in [0.1, 0.15) is 54.7 Å². The van der Waals surface area contributed by atoms with E-state index in [0.29, 0.717) is 24.4 Å². The quantitative estimate of drug-likeness (QED) is 0.501. The maximum Gasteiger partial charge on any atom is 0.227 e. The van der Waals surface area contributed by atoms with E-state index in [2.05, 4.69) is 37.6 Å². The van der Waals surface area contributed by atoms with Gasteiger partial charge in [0.1, 0.15) is 29.5 Å². The fraction of sp³-hybridized carbons (Fsp3) is 0.414. The van der Waals surface area contributed by atoms with Gasteiger partial charge in [-0.05, 0) is 51.5 Å². The third-order valence-electron chi connectivity index (χ3n) is 7.69. The Morgan fingerprint density at radius 2 is 2.03 bits per heavy atom. The van der Waals surface area contributed by atoms with Crippen LogP contribution in [0.3, 0.4) is 0 Å². The lowest BCUT2D eigenvalue weighted by atomic mass is 9.84. The van der Waals surface area contributed by atoms with Crippen molar-refractivity contribution >= 4 is 22.5 Å². The highest BCUT2D eigenvalue weighted by Crippen LogP contribution is 2.45. The van der Waals surface area contributed by atoms with Crippen molar-refractivity contribution in [1.82, 2.24) is 24.4 Å². The summed E-state index contributed by atoms with van der Waals surface area (Å²) in [6.07, 6.45) is 13.2. The van der Waals surface area contributed by atoms with E-state index >= 15 is 0 Å². The van der Waals surface area contributed by atoms with Gasteiger partial charge in [0.05, 0.1) is 35.8 Å². The minimum absolute atomic E-state index is 0.101. The van der Waals surface area contributed by atoms with Gasteiger partial charge in [-0.1, -0.05) is 12.0 Å². The van der Waals surface area contributed by atoms with Gasteiger partial charge in [0.15, 0.2) is 0 Å². The lowest BCUT2D eigenvalue weighted by Crippen LogP contribution is -2.39. The van der Waals surface area contributed by atoms with Gasteiger partial charge in [0, 0.05) is 36.5 Å². The fourth-order valence-electron chi connectivity index (χ4n) is 5.86. The predicted molar refractivity (Wildman–Crippen MR) is 141 cm³/mol. The smallest absolute Gasteiger partial charge is 0.227 e. The molecular formula is C29H30N6O2. The van der Waals surface area contributed by atoms with Crippen LogP contribution in [-0.2, 0) is 11.8 Å². The first-order valence-electron chi connectivity index (χ1n) is 12.6. The van der Waals surface area contributed by atoms with Crippen molar-refractivity contribution in [3.63, 3.8) is 0 Å². The number of aromatic nitrogens is 4. The van der Waals surface area contributed by atoms with Crippen molar-refractivity contribution < 1.29 is 9.53 Å². The van der Waals surface area contributed by atoms with Crippen LogP contribution in [0, 0.1) is 43.4 Å². The van der Waals surface area contributed by atoms with Gasteiger partial charge in [-0.2, -0.15) is 5.26 Å². The Labute approximate surface area is 217 Å². The summed E-state index contributed by atoms with van der Waals surface area (Å²) < 4.78 is 7.86. The maximum absolute atomic E-state index is 13.2. The number of amides is 1. The molecule has 8 nitrogen and oxygen atoms in total. The highest BCUT2D eigenvalue weighted by molar-refractivity contribution is 6.02. The first-order valence-corrected chi connectivity index (χ1v) is 12.6. The van der Waals surface area contributed by atoms with Crippen LogP contribution >= 0.6 is 0 Å². The van der Waals surface area contributed by atoms with E-state index in [1.807, 2.05) is 20.9 Å². The summed E-state index contributed by atoms with van der Waals surface area (Å²) in [5.74, 6) is 3.25. The van der Waals surface area contributed by atoms with E-state index in [0.717, 1.165) is 70.5 Å². The highest BCUT2D eigenvalue weighted by Gasteiger charge is 2.35. The van der Waals surface area contributed by atoms with E-state index in [4.69, 9.17) is 11.2 Å². The third-order valence-corrected chi connectivity index (χ3v) is 7.69. The van der Waals surface area contributed by atoms with Gasteiger partial charge in [-0.25, -0.2) is 15.0 Å². The molecule has 4 heterocycles. The summed E-state index contributed by atoms with van der Waals surface area (Å²) in [7, 11) is 3.63. The molecule has 0 spiro atoms. The molecule has 2 aliphatic rings. The molecule has 1 saturated heterocycles. The zero-order valence-corrected chi connectivity index (χ0v) is 21.7. The summed E-state index contributed by atoms with van der Waals surface area (Å²) in [5.41, 5.74) is 7.02. The Morgan fingerprint density at radius 1 is 1.22 bits per heavy atom. The van der Waals surface area contributed by atoms with Crippen LogP contribution in [-0.4, -0.2) is 50.0 Å². The molecule has 1 unspecified atom stereocenters. The molecule has 0 N–H and O–H groups in total. The van der Waals surface area contributed by atoms with E-state index in [1.165, 1.54) is 0 Å². The molecule has 188 valence electrons. The number of hydrogen-bond donors (Lipinski definition) is 0. The van der Waals surface area contributed by atoms with Gasteiger partial charge in [0.25, 0.3) is 0 Å². The molecule has 37 heavy (non-hydrogen) atoms. The van der Waals surface area contributed by atoms with Gasteiger partial charge in [-0.15, -0.1) is 6.42 Å². The molecule has 5 rings (SSSR count). The number of carbonyl (C=O) groups is 1. The van der Waals surface area contributed by atoms with Crippen molar-refractivity contribution in [2.45, 2.75) is 52.0 Å². The first kappa shape index (κ1) is 24.5. The second-order valence-electron chi connectivity index (χ2n) is 9.77. The average Bonchev–Trinajstić information content (AvgIpc) is 3.51. The van der Waals surface area contributed by atoms with Crippen molar-refractivity contribution in [2.24, 2.45) is 13.0 Å².